The van der Waals surface area contributed by atoms with Gasteiger partial charge in [-0.25, -0.2) is 0 Å². The fraction of sp³-hybridized carbons (Fsp3) is 0.171. The minimum atomic E-state index is -0.122. The Morgan fingerprint density at radius 2 is 0.757 bits per heavy atom. The molecular formula is C70H62Cl2N2. The largest absolute Gasteiger partial charge is 0.309 e. The quantitative estimate of drug-likeness (QED) is 0.133. The molecule has 0 spiro atoms. The zero-order chi connectivity index (χ0) is 51.7. The summed E-state index contributed by atoms with van der Waals surface area (Å²) in [5.41, 5.74) is 15.7. The second kappa shape index (κ2) is 18.8. The van der Waals surface area contributed by atoms with Gasteiger partial charge in [-0.3, -0.25) is 0 Å². The maximum Gasteiger partial charge on any atom is 0.0888 e. The Morgan fingerprint density at radius 3 is 1.32 bits per heavy atom. The summed E-state index contributed by atoms with van der Waals surface area (Å²) in [4.78, 5) is 4.59. The summed E-state index contributed by atoms with van der Waals surface area (Å²) >= 11 is 15.7. The van der Waals surface area contributed by atoms with Crippen LogP contribution in [0.25, 0.3) is 65.7 Å². The average Bonchev–Trinajstić information content (AvgIpc) is 3.40. The molecule has 0 bridgehead atoms. The van der Waals surface area contributed by atoms with Gasteiger partial charge in [-0.05, 0) is 166 Å². The summed E-state index contributed by atoms with van der Waals surface area (Å²) in [6.07, 6.45) is 0. The van der Waals surface area contributed by atoms with Gasteiger partial charge in [-0.15, -0.1) is 0 Å². The first-order valence-electron chi connectivity index (χ1n) is 25.8. The number of anilines is 6. The van der Waals surface area contributed by atoms with Gasteiger partial charge in [-0.1, -0.05) is 225 Å². The molecule has 0 saturated carbocycles. The van der Waals surface area contributed by atoms with Crippen molar-refractivity contribution < 1.29 is 0 Å². The van der Waals surface area contributed by atoms with Crippen LogP contribution in [0.2, 0.25) is 10.0 Å². The fourth-order valence-electron chi connectivity index (χ4n) is 10.7. The molecule has 0 unspecified atom stereocenters. The minimum Gasteiger partial charge on any atom is -0.309 e. The van der Waals surface area contributed by atoms with Crippen molar-refractivity contribution in [3.05, 3.63) is 239 Å². The van der Waals surface area contributed by atoms with Crippen LogP contribution in [0.15, 0.2) is 212 Å². The average molecular weight is 1000 g/mol. The van der Waals surface area contributed by atoms with E-state index in [1.807, 2.05) is 12.1 Å². The standard InChI is InChI=1S/C70H62Cl2N2/c1-68(2,3)52-29-34-56(35-30-52)73(58-22-16-21-48(41-58)60-24-14-13-23-59(60)45-17-11-10-12-18-45)63-43-55(71)44-64(67(63)72)74(57-36-31-53(32-37-57)69(4,5)6)62-38-33-54(70(7,8)9)42-61(62)51-39-49-27-25-46-19-15-20-47-26-28-50(40-51)66(49)65(46)47/h10-44H,1-9H3. The molecule has 0 aliphatic rings. The van der Waals surface area contributed by atoms with Gasteiger partial charge in [0.15, 0.2) is 0 Å². The minimum absolute atomic E-state index is 0.0373. The smallest absolute Gasteiger partial charge is 0.0888 e. The number of hydrogen-bond donors (Lipinski definition) is 0. The van der Waals surface area contributed by atoms with Crippen molar-refractivity contribution >= 4 is 89.6 Å². The summed E-state index contributed by atoms with van der Waals surface area (Å²) in [6, 6.07) is 77.3. The second-order valence-corrected chi connectivity index (χ2v) is 23.8. The monoisotopic (exact) mass is 1000 g/mol. The third-order valence-corrected chi connectivity index (χ3v) is 15.4. The molecule has 0 radical (unpaired) electrons. The Bertz CT molecular complexity index is 3790. The molecule has 0 heterocycles. The molecule has 2 nitrogen and oxygen atoms in total. The molecule has 4 heteroatoms. The Labute approximate surface area is 447 Å². The molecule has 11 rings (SSSR count). The highest BCUT2D eigenvalue weighted by atomic mass is 35.5. The third kappa shape index (κ3) is 9.21. The number of rotatable bonds is 9. The molecular weight excluding hydrogens is 940 g/mol. The van der Waals surface area contributed by atoms with Crippen LogP contribution < -0.4 is 9.80 Å². The van der Waals surface area contributed by atoms with Gasteiger partial charge in [0, 0.05) is 27.6 Å². The Morgan fingerprint density at radius 1 is 0.297 bits per heavy atom. The van der Waals surface area contributed by atoms with E-state index in [0.29, 0.717) is 10.0 Å². The number of benzene rings is 11. The first-order chi connectivity index (χ1) is 35.4. The maximum absolute atomic E-state index is 8.18. The normalized spacial score (nSPS) is 12.3. The molecule has 366 valence electrons. The van der Waals surface area contributed by atoms with Gasteiger partial charge in [-0.2, -0.15) is 0 Å². The van der Waals surface area contributed by atoms with Gasteiger partial charge in [0.2, 0.25) is 0 Å². The third-order valence-electron chi connectivity index (χ3n) is 14.8. The molecule has 0 saturated heterocycles. The van der Waals surface area contributed by atoms with E-state index in [9.17, 15) is 0 Å². The van der Waals surface area contributed by atoms with Crippen LogP contribution in [0, 0.1) is 0 Å². The molecule has 11 aromatic carbocycles. The van der Waals surface area contributed by atoms with Crippen molar-refractivity contribution in [3.8, 4) is 33.4 Å². The lowest BCUT2D eigenvalue weighted by Crippen LogP contribution is -2.17. The van der Waals surface area contributed by atoms with Crippen molar-refractivity contribution in [2.24, 2.45) is 0 Å². The van der Waals surface area contributed by atoms with E-state index in [4.69, 9.17) is 23.2 Å². The van der Waals surface area contributed by atoms with Crippen LogP contribution in [0.1, 0.15) is 79.0 Å². The SMILES string of the molecule is CC(C)(C)c1ccc(N(c2cccc(-c3ccccc3-c3ccccc3)c2)c2cc(Cl)cc(N(c3ccc(C(C)(C)C)cc3)c3ccc(C(C)(C)C)cc3-c3cc4ccc5cccc6ccc(c3)c4c56)c2Cl)cc1. The number of halogens is 2. The van der Waals surface area contributed by atoms with Crippen molar-refractivity contribution in [2.45, 2.75) is 78.6 Å². The molecule has 0 aliphatic heterocycles. The van der Waals surface area contributed by atoms with Crippen LogP contribution >= 0.6 is 23.2 Å². The van der Waals surface area contributed by atoms with E-state index in [0.717, 1.165) is 56.4 Å². The topological polar surface area (TPSA) is 6.48 Å². The van der Waals surface area contributed by atoms with Crippen molar-refractivity contribution in [3.63, 3.8) is 0 Å². The summed E-state index contributed by atoms with van der Waals surface area (Å²) in [7, 11) is 0. The van der Waals surface area contributed by atoms with E-state index in [-0.39, 0.29) is 16.2 Å². The van der Waals surface area contributed by atoms with Crippen molar-refractivity contribution in [1.82, 2.24) is 0 Å². The van der Waals surface area contributed by atoms with Gasteiger partial charge in [0.25, 0.3) is 0 Å². The predicted octanol–water partition coefficient (Wildman–Crippen LogP) is 21.7. The molecule has 0 N–H and O–H groups in total. The molecule has 0 aromatic heterocycles. The summed E-state index contributed by atoms with van der Waals surface area (Å²) in [6.45, 7) is 20.4. The summed E-state index contributed by atoms with van der Waals surface area (Å²) in [5.74, 6) is 0. The highest BCUT2D eigenvalue weighted by Crippen LogP contribution is 2.52. The first kappa shape index (κ1) is 48.9. The Hall–Kier alpha value is -7.36. The number of nitrogens with zero attached hydrogens (tertiary/aromatic N) is 2. The van der Waals surface area contributed by atoms with E-state index >= 15 is 0 Å². The molecule has 0 aliphatic carbocycles. The van der Waals surface area contributed by atoms with Crippen LogP contribution in [-0.4, -0.2) is 0 Å². The highest BCUT2D eigenvalue weighted by Gasteiger charge is 2.28. The predicted molar refractivity (Wildman–Crippen MR) is 322 cm³/mol. The van der Waals surface area contributed by atoms with E-state index < -0.39 is 0 Å². The van der Waals surface area contributed by atoms with Crippen LogP contribution in [0.3, 0.4) is 0 Å². The molecule has 0 fully saturated rings. The van der Waals surface area contributed by atoms with Gasteiger partial charge >= 0.3 is 0 Å². The van der Waals surface area contributed by atoms with Gasteiger partial charge in [0.1, 0.15) is 0 Å². The zero-order valence-electron chi connectivity index (χ0n) is 43.9. The zero-order valence-corrected chi connectivity index (χ0v) is 45.4. The highest BCUT2D eigenvalue weighted by molar-refractivity contribution is 6.39. The summed E-state index contributed by atoms with van der Waals surface area (Å²) < 4.78 is 0. The van der Waals surface area contributed by atoms with E-state index in [1.165, 1.54) is 60.1 Å². The maximum atomic E-state index is 8.18. The summed E-state index contributed by atoms with van der Waals surface area (Å²) in [5, 5.41) is 8.64. The van der Waals surface area contributed by atoms with Crippen LogP contribution in [0.4, 0.5) is 34.1 Å². The number of hydrogen-bond acceptors (Lipinski definition) is 2. The van der Waals surface area contributed by atoms with E-state index in [2.05, 4.69) is 272 Å². The Kier molecular flexibility index (Phi) is 12.4. The Balaban J connectivity index is 1.16. The lowest BCUT2D eigenvalue weighted by atomic mass is 9.84. The molecule has 11 aromatic rings. The second-order valence-electron chi connectivity index (χ2n) is 23.0. The lowest BCUT2D eigenvalue weighted by molar-refractivity contribution is 0.590. The van der Waals surface area contributed by atoms with Crippen molar-refractivity contribution in [1.29, 1.82) is 0 Å². The first-order valence-corrected chi connectivity index (χ1v) is 26.5. The fourth-order valence-corrected chi connectivity index (χ4v) is 11.2. The van der Waals surface area contributed by atoms with Crippen LogP contribution in [-0.2, 0) is 16.2 Å². The van der Waals surface area contributed by atoms with E-state index in [1.54, 1.807) is 0 Å². The van der Waals surface area contributed by atoms with Gasteiger partial charge in [0.05, 0.1) is 22.1 Å². The molecule has 0 atom stereocenters. The van der Waals surface area contributed by atoms with Crippen molar-refractivity contribution in [2.75, 3.05) is 9.80 Å². The molecule has 74 heavy (non-hydrogen) atoms. The van der Waals surface area contributed by atoms with Crippen LogP contribution in [0.5, 0.6) is 0 Å². The molecule has 0 amide bonds. The lowest BCUT2D eigenvalue weighted by Gasteiger charge is -2.33. The van der Waals surface area contributed by atoms with Gasteiger partial charge < -0.3 is 9.80 Å².